The second-order valence-corrected chi connectivity index (χ2v) is 30.7. The van der Waals surface area contributed by atoms with Crippen LogP contribution in [0.4, 0.5) is 0 Å². The van der Waals surface area contributed by atoms with Gasteiger partial charge < -0.3 is 22.6 Å². The fraction of sp³-hybridized carbons (Fsp3) is 0.846. The zero-order valence-electron chi connectivity index (χ0n) is 34.0. The molecule has 0 aromatic heterocycles. The molecule has 286 valence electrons. The van der Waals surface area contributed by atoms with E-state index < -0.39 is 35.2 Å². The van der Waals surface area contributed by atoms with Gasteiger partial charge in [0.25, 0.3) is 0 Å². The fourth-order valence-electron chi connectivity index (χ4n) is 9.35. The van der Waals surface area contributed by atoms with Crippen LogP contribution in [0.25, 0.3) is 0 Å². The number of carbonyl (C=O) groups excluding carboxylic acids is 2. The Hall–Kier alpha value is -0.716. The van der Waals surface area contributed by atoms with Crippen molar-refractivity contribution in [1.82, 2.24) is 0 Å². The highest BCUT2D eigenvalue weighted by atomic mass is 31.2. The van der Waals surface area contributed by atoms with E-state index in [2.05, 4.69) is 94.6 Å². The summed E-state index contributed by atoms with van der Waals surface area (Å²) in [5.74, 6) is 0.563. The molecule has 4 aliphatic carbocycles. The lowest BCUT2D eigenvalue weighted by molar-refractivity contribution is -0.186. The molecule has 0 aliphatic heterocycles. The van der Waals surface area contributed by atoms with Gasteiger partial charge in [0.1, 0.15) is 11.9 Å². The van der Waals surface area contributed by atoms with Crippen molar-refractivity contribution in [3.05, 3.63) is 23.3 Å². The van der Waals surface area contributed by atoms with Crippen LogP contribution in [0.2, 0.25) is 36.3 Å². The molecule has 0 aromatic rings. The minimum Gasteiger partial charge on any atom is -0.414 e. The number of hydrogen-bond donors (Lipinski definition) is 0. The molecule has 0 radical (unpaired) electrons. The van der Waals surface area contributed by atoms with Crippen LogP contribution >= 0.6 is 7.60 Å². The normalized spacial score (nSPS) is 33.7. The smallest absolute Gasteiger partial charge is 0.356 e. The zero-order chi connectivity index (χ0) is 37.9. The van der Waals surface area contributed by atoms with Gasteiger partial charge in [-0.25, -0.2) is 0 Å². The number of Topliss-reactive ketones (excluding diaryl/α,β-unsaturated/α-hetero) is 1. The number of carbonyl (C=O) groups is 2. The summed E-state index contributed by atoms with van der Waals surface area (Å²) >= 11 is 0. The standard InChI is InChI=1S/C39H69O8PSi2/c1-16-44-48(42,45-17-2)26-43-39(33(41)25-46-49(12,13)35(4,5)6)21-19-30-29-22-27(3)31-23-28(40)18-20-37(31,10)34(29)32(24-38(30,39)11)47-50(14,15)36(7,8)9/h18,20,29-30,32,34H,16-17,19,21-26H2,1-15H3/t29-,30-,32-,34+,37-,38-,39-/m0/s1. The Morgan fingerprint density at radius 3 is 2.10 bits per heavy atom. The molecule has 7 atom stereocenters. The molecule has 0 aromatic carbocycles. The molecular weight excluding hydrogens is 684 g/mol. The number of rotatable bonds is 13. The average molecular weight is 753 g/mol. The maximum atomic E-state index is 15.0. The Kier molecular flexibility index (Phi) is 11.9. The van der Waals surface area contributed by atoms with Gasteiger partial charge in [-0.15, -0.1) is 0 Å². The second kappa shape index (κ2) is 14.2. The average Bonchev–Trinajstić information content (AvgIpc) is 3.27. The number of ketones is 2. The summed E-state index contributed by atoms with van der Waals surface area (Å²) in [5.41, 5.74) is 0.301. The molecule has 2 fully saturated rings. The Morgan fingerprint density at radius 2 is 1.56 bits per heavy atom. The third-order valence-electron chi connectivity index (χ3n) is 14.1. The van der Waals surface area contributed by atoms with Crippen LogP contribution in [0.3, 0.4) is 0 Å². The molecule has 50 heavy (non-hydrogen) atoms. The van der Waals surface area contributed by atoms with Crippen LogP contribution in [-0.4, -0.2) is 66.1 Å². The summed E-state index contributed by atoms with van der Waals surface area (Å²) in [7, 11) is -8.22. The van der Waals surface area contributed by atoms with Crippen molar-refractivity contribution in [3.63, 3.8) is 0 Å². The van der Waals surface area contributed by atoms with Crippen LogP contribution in [0, 0.1) is 28.6 Å². The first kappa shape index (κ1) is 42.0. The van der Waals surface area contributed by atoms with Gasteiger partial charge in [0.15, 0.2) is 28.2 Å². The van der Waals surface area contributed by atoms with Gasteiger partial charge in [-0.3, -0.25) is 14.2 Å². The van der Waals surface area contributed by atoms with E-state index in [0.717, 1.165) is 12.8 Å². The molecule has 0 heterocycles. The maximum Gasteiger partial charge on any atom is 0.356 e. The van der Waals surface area contributed by atoms with Crippen molar-refractivity contribution in [1.29, 1.82) is 0 Å². The van der Waals surface area contributed by atoms with Gasteiger partial charge in [0.05, 0.1) is 19.8 Å². The molecule has 0 amide bonds. The summed E-state index contributed by atoms with van der Waals surface area (Å²) in [6, 6.07) is 0. The summed E-state index contributed by atoms with van der Waals surface area (Å²) in [4.78, 5) is 27.8. The Bertz CT molecular complexity index is 1410. The first-order valence-corrected chi connectivity index (χ1v) is 26.6. The maximum absolute atomic E-state index is 15.0. The molecular formula is C39H69O8PSi2. The van der Waals surface area contributed by atoms with Crippen LogP contribution in [-0.2, 0) is 36.8 Å². The van der Waals surface area contributed by atoms with E-state index >= 15 is 4.79 Å². The van der Waals surface area contributed by atoms with E-state index in [0.29, 0.717) is 19.3 Å². The quantitative estimate of drug-likeness (QED) is 0.104. The van der Waals surface area contributed by atoms with E-state index in [4.69, 9.17) is 22.6 Å². The molecule has 2 saturated carbocycles. The van der Waals surface area contributed by atoms with E-state index in [1.54, 1.807) is 19.9 Å². The van der Waals surface area contributed by atoms with Crippen molar-refractivity contribution in [2.45, 2.75) is 156 Å². The number of hydrogen-bond acceptors (Lipinski definition) is 8. The van der Waals surface area contributed by atoms with Gasteiger partial charge in [0.2, 0.25) is 0 Å². The van der Waals surface area contributed by atoms with Gasteiger partial charge in [-0.1, -0.05) is 72.6 Å². The monoisotopic (exact) mass is 752 g/mol. The van der Waals surface area contributed by atoms with Gasteiger partial charge in [-0.2, -0.15) is 0 Å². The molecule has 11 heteroatoms. The lowest BCUT2D eigenvalue weighted by Crippen LogP contribution is -2.64. The lowest BCUT2D eigenvalue weighted by Gasteiger charge is -2.62. The van der Waals surface area contributed by atoms with E-state index in [1.165, 1.54) is 11.1 Å². The zero-order valence-corrected chi connectivity index (χ0v) is 36.9. The highest BCUT2D eigenvalue weighted by Crippen LogP contribution is 2.69. The second-order valence-electron chi connectivity index (χ2n) is 19.1. The molecule has 4 aliphatic rings. The highest BCUT2D eigenvalue weighted by molar-refractivity contribution is 7.53. The van der Waals surface area contributed by atoms with Crippen molar-refractivity contribution in [3.8, 4) is 0 Å². The molecule has 0 N–H and O–H groups in total. The van der Waals surface area contributed by atoms with Gasteiger partial charge in [0, 0.05) is 23.4 Å². The van der Waals surface area contributed by atoms with Crippen molar-refractivity contribution < 1.29 is 36.8 Å². The molecule has 0 unspecified atom stereocenters. The fourth-order valence-corrected chi connectivity index (χ4v) is 13.0. The predicted molar refractivity (Wildman–Crippen MR) is 206 cm³/mol. The highest BCUT2D eigenvalue weighted by Gasteiger charge is 2.70. The number of allylic oxidation sites excluding steroid dienone is 4. The Balaban J connectivity index is 1.88. The SMILES string of the molecule is CCOP(=O)(CO[C@]1(C(=O)CO[Si](C)(C)C(C)(C)C)CC[C@H]2[C@@H]3CC(C)=C4CC(=O)C=C[C@]4(C)[C@H]3[C@@H](O[Si](C)(C)C(C)(C)C)C[C@@]21C)OCC. The van der Waals surface area contributed by atoms with E-state index in [1.807, 2.05) is 0 Å². The molecule has 4 rings (SSSR count). The molecule has 0 spiro atoms. The number of ether oxygens (including phenoxy) is 1. The third kappa shape index (κ3) is 7.36. The Morgan fingerprint density at radius 1 is 0.980 bits per heavy atom. The third-order valence-corrected chi connectivity index (χ3v) is 24.8. The van der Waals surface area contributed by atoms with Crippen molar-refractivity contribution in [2.24, 2.45) is 28.6 Å². The van der Waals surface area contributed by atoms with E-state index in [9.17, 15) is 9.36 Å². The van der Waals surface area contributed by atoms with E-state index in [-0.39, 0.29) is 77.1 Å². The first-order valence-electron chi connectivity index (χ1n) is 19.0. The number of fused-ring (bicyclic) bond motifs is 5. The Labute approximate surface area is 306 Å². The topological polar surface area (TPSA) is 97.4 Å². The summed E-state index contributed by atoms with van der Waals surface area (Å²) in [5, 5.41) is -0.0995. The minimum absolute atomic E-state index is 0.0273. The van der Waals surface area contributed by atoms with Crippen LogP contribution in [0.5, 0.6) is 0 Å². The minimum atomic E-state index is -3.63. The summed E-state index contributed by atoms with van der Waals surface area (Å²) in [6.45, 7) is 33.0. The lowest BCUT2D eigenvalue weighted by atomic mass is 9.46. The van der Waals surface area contributed by atoms with Crippen LogP contribution in [0.15, 0.2) is 23.3 Å². The van der Waals surface area contributed by atoms with Gasteiger partial charge >= 0.3 is 7.60 Å². The summed E-state index contributed by atoms with van der Waals surface area (Å²) < 4.78 is 46.4. The van der Waals surface area contributed by atoms with Crippen LogP contribution in [0.1, 0.15) is 108 Å². The largest absolute Gasteiger partial charge is 0.414 e. The van der Waals surface area contributed by atoms with Crippen LogP contribution < -0.4 is 0 Å². The molecule has 8 nitrogen and oxygen atoms in total. The first-order chi connectivity index (χ1) is 22.7. The summed E-state index contributed by atoms with van der Waals surface area (Å²) in [6.07, 6.45) is 6.72. The predicted octanol–water partition coefficient (Wildman–Crippen LogP) is 10.3. The van der Waals surface area contributed by atoms with Gasteiger partial charge in [-0.05, 0) is 107 Å². The molecule has 0 saturated heterocycles. The van der Waals surface area contributed by atoms with Crippen molar-refractivity contribution >= 4 is 35.8 Å². The van der Waals surface area contributed by atoms with Crippen molar-refractivity contribution in [2.75, 3.05) is 26.2 Å². The molecule has 0 bridgehead atoms.